The van der Waals surface area contributed by atoms with Crippen LogP contribution in [0.15, 0.2) is 12.1 Å². The van der Waals surface area contributed by atoms with Crippen molar-refractivity contribution in [2.24, 2.45) is 0 Å². The molecule has 2 rings (SSSR count). The Bertz CT molecular complexity index is 387. The molecule has 2 unspecified atom stereocenters. The second kappa shape index (κ2) is 4.46. The quantitative estimate of drug-likeness (QED) is 0.843. The zero-order valence-electron chi connectivity index (χ0n) is 10.6. The molecule has 0 bridgehead atoms. The van der Waals surface area contributed by atoms with Crippen molar-refractivity contribution in [3.05, 3.63) is 28.8 Å². The molecule has 2 nitrogen and oxygen atoms in total. The van der Waals surface area contributed by atoms with Gasteiger partial charge in [0.15, 0.2) is 0 Å². The molecule has 1 heterocycles. The minimum atomic E-state index is 0.297. The maximum Gasteiger partial charge on any atom is 0.127 e. The molecular weight excluding hydrogens is 198 g/mol. The number of hydrogen-bond donors (Lipinski definition) is 1. The van der Waals surface area contributed by atoms with Gasteiger partial charge in [-0.2, -0.15) is 0 Å². The fourth-order valence-electron chi connectivity index (χ4n) is 2.65. The number of ether oxygens (including phenoxy) is 1. The summed E-state index contributed by atoms with van der Waals surface area (Å²) in [5.74, 6) is 1.10. The van der Waals surface area contributed by atoms with Crippen molar-refractivity contribution < 1.29 is 4.74 Å². The van der Waals surface area contributed by atoms with Crippen LogP contribution in [-0.4, -0.2) is 13.2 Å². The molecule has 0 fully saturated rings. The van der Waals surface area contributed by atoms with E-state index in [1.807, 2.05) is 7.05 Å². The molecule has 1 aromatic carbocycles. The van der Waals surface area contributed by atoms with Gasteiger partial charge in [-0.25, -0.2) is 0 Å². The summed E-state index contributed by atoms with van der Waals surface area (Å²) >= 11 is 0. The largest absolute Gasteiger partial charge is 0.488 e. The normalized spacial score (nSPS) is 23.0. The first-order valence-electron chi connectivity index (χ1n) is 6.12. The Morgan fingerprint density at radius 1 is 1.31 bits per heavy atom. The summed E-state index contributed by atoms with van der Waals surface area (Å²) in [6.07, 6.45) is 2.57. The van der Waals surface area contributed by atoms with Crippen LogP contribution in [0.4, 0.5) is 0 Å². The van der Waals surface area contributed by atoms with Crippen LogP contribution in [0.5, 0.6) is 5.75 Å². The van der Waals surface area contributed by atoms with Gasteiger partial charge < -0.3 is 10.1 Å². The first-order valence-corrected chi connectivity index (χ1v) is 6.12. The highest BCUT2D eigenvalue weighted by Gasteiger charge is 2.33. The molecule has 88 valence electrons. The average Bonchev–Trinajstić information content (AvgIpc) is 2.56. The summed E-state index contributed by atoms with van der Waals surface area (Å²) in [5.41, 5.74) is 3.91. The van der Waals surface area contributed by atoms with Crippen LogP contribution in [0.2, 0.25) is 0 Å². The Morgan fingerprint density at radius 3 is 2.69 bits per heavy atom. The van der Waals surface area contributed by atoms with Gasteiger partial charge in [0.2, 0.25) is 0 Å². The average molecular weight is 219 g/mol. The number of likely N-dealkylation sites (N-methyl/N-ethyl adjacent to an activating group) is 1. The van der Waals surface area contributed by atoms with Crippen molar-refractivity contribution in [3.63, 3.8) is 0 Å². The third-order valence-electron chi connectivity index (χ3n) is 3.31. The van der Waals surface area contributed by atoms with E-state index in [2.05, 4.69) is 38.2 Å². The smallest absolute Gasteiger partial charge is 0.127 e. The van der Waals surface area contributed by atoms with Crippen molar-refractivity contribution in [1.82, 2.24) is 5.32 Å². The van der Waals surface area contributed by atoms with Gasteiger partial charge in [-0.3, -0.25) is 0 Å². The molecule has 1 aromatic rings. The van der Waals surface area contributed by atoms with Crippen molar-refractivity contribution in [2.75, 3.05) is 7.05 Å². The molecule has 1 N–H and O–H groups in total. The molecular formula is C14H21NO. The highest BCUT2D eigenvalue weighted by atomic mass is 16.5. The lowest BCUT2D eigenvalue weighted by molar-refractivity contribution is 0.181. The van der Waals surface area contributed by atoms with E-state index in [-0.39, 0.29) is 0 Å². The van der Waals surface area contributed by atoms with E-state index in [0.29, 0.717) is 12.1 Å². The van der Waals surface area contributed by atoms with E-state index in [1.54, 1.807) is 0 Å². The van der Waals surface area contributed by atoms with Gasteiger partial charge >= 0.3 is 0 Å². The minimum Gasteiger partial charge on any atom is -0.488 e. The zero-order valence-corrected chi connectivity index (χ0v) is 10.6. The summed E-state index contributed by atoms with van der Waals surface area (Å²) in [6.45, 7) is 6.48. The number of benzene rings is 1. The second-order valence-corrected chi connectivity index (χ2v) is 4.71. The first kappa shape index (κ1) is 11.5. The highest BCUT2D eigenvalue weighted by Crippen LogP contribution is 2.40. The summed E-state index contributed by atoms with van der Waals surface area (Å²) in [4.78, 5) is 0. The van der Waals surface area contributed by atoms with Gasteiger partial charge in [0.25, 0.3) is 0 Å². The lowest BCUT2D eigenvalue weighted by Crippen LogP contribution is -2.28. The molecule has 0 radical (unpaired) electrons. The van der Waals surface area contributed by atoms with Crippen molar-refractivity contribution in [2.45, 2.75) is 45.8 Å². The Morgan fingerprint density at radius 2 is 2.06 bits per heavy atom. The summed E-state index contributed by atoms with van der Waals surface area (Å²) in [6, 6.07) is 4.80. The van der Waals surface area contributed by atoms with Crippen LogP contribution in [-0.2, 0) is 0 Å². The number of fused-ring (bicyclic) bond motifs is 1. The topological polar surface area (TPSA) is 21.3 Å². The summed E-state index contributed by atoms with van der Waals surface area (Å²) in [5, 5.41) is 3.38. The van der Waals surface area contributed by atoms with Crippen LogP contribution in [0, 0.1) is 13.8 Å². The molecule has 0 saturated carbocycles. The SMILES string of the molecule is CCCC1Oc2c(C)cc(C)cc2C1NC. The molecule has 0 saturated heterocycles. The van der Waals surface area contributed by atoms with Crippen LogP contribution < -0.4 is 10.1 Å². The van der Waals surface area contributed by atoms with Crippen molar-refractivity contribution in [3.8, 4) is 5.75 Å². The first-order chi connectivity index (χ1) is 7.67. The van der Waals surface area contributed by atoms with Gasteiger partial charge in [0, 0.05) is 5.56 Å². The van der Waals surface area contributed by atoms with Gasteiger partial charge in [0.05, 0.1) is 6.04 Å². The number of aryl methyl sites for hydroxylation is 2. The standard InChI is InChI=1S/C14H21NO/c1-5-6-12-13(15-4)11-8-9(2)7-10(3)14(11)16-12/h7-8,12-13,15H,5-6H2,1-4H3. The molecule has 2 atom stereocenters. The van der Waals surface area contributed by atoms with Gasteiger partial charge in [-0.05, 0) is 32.9 Å². The predicted octanol–water partition coefficient (Wildman–Crippen LogP) is 3.13. The number of nitrogens with one attached hydrogen (secondary N) is 1. The zero-order chi connectivity index (χ0) is 11.7. The van der Waals surface area contributed by atoms with Gasteiger partial charge in [-0.15, -0.1) is 0 Å². The lowest BCUT2D eigenvalue weighted by Gasteiger charge is -2.17. The Labute approximate surface area is 98.0 Å². The minimum absolute atomic E-state index is 0.297. The summed E-state index contributed by atoms with van der Waals surface area (Å²) < 4.78 is 6.07. The molecule has 0 aromatic heterocycles. The van der Waals surface area contributed by atoms with Gasteiger partial charge in [-0.1, -0.05) is 31.0 Å². The van der Waals surface area contributed by atoms with E-state index in [9.17, 15) is 0 Å². The van der Waals surface area contributed by atoms with Crippen LogP contribution in [0.25, 0.3) is 0 Å². The number of hydrogen-bond acceptors (Lipinski definition) is 2. The Balaban J connectivity index is 2.38. The van der Waals surface area contributed by atoms with Crippen LogP contribution in [0.3, 0.4) is 0 Å². The van der Waals surface area contributed by atoms with Crippen LogP contribution in [0.1, 0.15) is 42.5 Å². The fraction of sp³-hybridized carbons (Fsp3) is 0.571. The van der Waals surface area contributed by atoms with E-state index < -0.39 is 0 Å². The second-order valence-electron chi connectivity index (χ2n) is 4.71. The Kier molecular flexibility index (Phi) is 3.20. The monoisotopic (exact) mass is 219 g/mol. The van der Waals surface area contributed by atoms with Crippen molar-refractivity contribution in [1.29, 1.82) is 0 Å². The molecule has 1 aliphatic rings. The predicted molar refractivity (Wildman–Crippen MR) is 67.0 cm³/mol. The van der Waals surface area contributed by atoms with E-state index >= 15 is 0 Å². The molecule has 0 aliphatic carbocycles. The molecule has 0 spiro atoms. The highest BCUT2D eigenvalue weighted by molar-refractivity contribution is 5.48. The van der Waals surface area contributed by atoms with E-state index in [1.165, 1.54) is 16.7 Å². The maximum atomic E-state index is 6.07. The molecule has 1 aliphatic heterocycles. The van der Waals surface area contributed by atoms with E-state index in [0.717, 1.165) is 18.6 Å². The third-order valence-corrected chi connectivity index (χ3v) is 3.31. The third kappa shape index (κ3) is 1.82. The number of rotatable bonds is 3. The fourth-order valence-corrected chi connectivity index (χ4v) is 2.65. The van der Waals surface area contributed by atoms with Gasteiger partial charge in [0.1, 0.15) is 11.9 Å². The van der Waals surface area contributed by atoms with Crippen LogP contribution >= 0.6 is 0 Å². The maximum absolute atomic E-state index is 6.07. The summed E-state index contributed by atoms with van der Waals surface area (Å²) in [7, 11) is 2.02. The molecule has 2 heteroatoms. The lowest BCUT2D eigenvalue weighted by atomic mass is 9.97. The Hall–Kier alpha value is -1.02. The molecule has 0 amide bonds. The molecule has 16 heavy (non-hydrogen) atoms. The van der Waals surface area contributed by atoms with Crippen molar-refractivity contribution >= 4 is 0 Å². The van der Waals surface area contributed by atoms with E-state index in [4.69, 9.17) is 4.74 Å².